The lowest BCUT2D eigenvalue weighted by Crippen LogP contribution is -2.43. The molecule has 2 aliphatic rings. The van der Waals surface area contributed by atoms with E-state index in [0.717, 1.165) is 24.3 Å². The molecule has 4 rings (SSSR count). The Labute approximate surface area is 124 Å². The van der Waals surface area contributed by atoms with Gasteiger partial charge in [0.05, 0.1) is 7.11 Å². The lowest BCUT2D eigenvalue weighted by atomic mass is 10.0. The molecule has 0 radical (unpaired) electrons. The summed E-state index contributed by atoms with van der Waals surface area (Å²) >= 11 is 0. The van der Waals surface area contributed by atoms with Crippen molar-refractivity contribution in [2.75, 3.05) is 7.11 Å². The van der Waals surface area contributed by atoms with Gasteiger partial charge in [-0.15, -0.1) is 0 Å². The quantitative estimate of drug-likeness (QED) is 0.876. The van der Waals surface area contributed by atoms with Crippen molar-refractivity contribution in [2.24, 2.45) is 0 Å². The molecule has 0 spiro atoms. The van der Waals surface area contributed by atoms with Gasteiger partial charge in [-0.25, -0.2) is 0 Å². The number of benzene rings is 2. The van der Waals surface area contributed by atoms with Gasteiger partial charge in [0.2, 0.25) is 0 Å². The van der Waals surface area contributed by atoms with Gasteiger partial charge >= 0.3 is 0 Å². The number of nitrogens with one attached hydrogen (secondary N) is 1. The van der Waals surface area contributed by atoms with Gasteiger partial charge in [0.25, 0.3) is 0 Å². The molecule has 0 saturated carbocycles. The largest absolute Gasteiger partial charge is 0.497 e. The van der Waals surface area contributed by atoms with Crippen molar-refractivity contribution in [3.63, 3.8) is 0 Å². The highest BCUT2D eigenvalue weighted by Crippen LogP contribution is 2.28. The highest BCUT2D eigenvalue weighted by atomic mass is 16.5. The van der Waals surface area contributed by atoms with E-state index in [1.807, 2.05) is 12.1 Å². The number of ether oxygens (including phenoxy) is 2. The Morgan fingerprint density at radius 3 is 2.19 bits per heavy atom. The molecule has 1 unspecified atom stereocenters. The van der Waals surface area contributed by atoms with Crippen molar-refractivity contribution in [1.29, 1.82) is 0 Å². The fraction of sp³-hybridized carbons (Fsp3) is 0.333. The minimum absolute atomic E-state index is 0.298. The van der Waals surface area contributed by atoms with Crippen molar-refractivity contribution < 1.29 is 9.47 Å². The van der Waals surface area contributed by atoms with Gasteiger partial charge < -0.3 is 14.8 Å². The molecule has 0 amide bonds. The van der Waals surface area contributed by atoms with Crippen LogP contribution in [0.15, 0.2) is 48.6 Å². The predicted molar refractivity (Wildman–Crippen MR) is 84.0 cm³/mol. The molecule has 1 saturated heterocycles. The maximum atomic E-state index is 6.19. The summed E-state index contributed by atoms with van der Waals surface area (Å²) in [6, 6.07) is 13.4. The summed E-state index contributed by atoms with van der Waals surface area (Å²) in [5.74, 6) is 1.84. The Morgan fingerprint density at radius 1 is 0.905 bits per heavy atom. The Balaban J connectivity index is 1.54. The van der Waals surface area contributed by atoms with Crippen LogP contribution in [0.4, 0.5) is 0 Å². The fourth-order valence-corrected chi connectivity index (χ4v) is 3.30. The molecule has 2 heterocycles. The molecule has 2 bridgehead atoms. The molecule has 3 atom stereocenters. The molecule has 1 N–H and O–H groups in total. The number of piperidine rings is 1. The lowest BCUT2D eigenvalue weighted by molar-refractivity contribution is 0.142. The highest BCUT2D eigenvalue weighted by molar-refractivity contribution is 5.85. The summed E-state index contributed by atoms with van der Waals surface area (Å²) < 4.78 is 11.4. The van der Waals surface area contributed by atoms with Crippen molar-refractivity contribution in [3.05, 3.63) is 48.6 Å². The van der Waals surface area contributed by atoms with Gasteiger partial charge in [0, 0.05) is 24.9 Å². The summed E-state index contributed by atoms with van der Waals surface area (Å²) in [4.78, 5) is 0. The van der Waals surface area contributed by atoms with E-state index in [1.165, 1.54) is 10.8 Å². The molecule has 2 aromatic carbocycles. The summed E-state index contributed by atoms with van der Waals surface area (Å²) in [6.45, 7) is 0. The molecule has 108 valence electrons. The van der Waals surface area contributed by atoms with Crippen LogP contribution in [0.1, 0.15) is 12.8 Å². The van der Waals surface area contributed by atoms with E-state index in [1.54, 1.807) is 7.11 Å². The Morgan fingerprint density at radius 2 is 1.52 bits per heavy atom. The maximum Gasteiger partial charge on any atom is 0.120 e. The molecule has 3 heteroatoms. The SMILES string of the molecule is COc1ccc2cc(OC3C[C@H]4C=C[C@@H](C3)N4)ccc2c1. The predicted octanol–water partition coefficient (Wildman–Crippen LogP) is 3.29. The smallest absolute Gasteiger partial charge is 0.120 e. The summed E-state index contributed by atoms with van der Waals surface area (Å²) in [7, 11) is 1.69. The summed E-state index contributed by atoms with van der Waals surface area (Å²) in [6.07, 6.45) is 6.93. The van der Waals surface area contributed by atoms with E-state index in [2.05, 4.69) is 41.7 Å². The molecule has 1 fully saturated rings. The third kappa shape index (κ3) is 2.49. The molecular weight excluding hydrogens is 262 g/mol. The van der Waals surface area contributed by atoms with E-state index in [-0.39, 0.29) is 0 Å². The van der Waals surface area contributed by atoms with Crippen molar-refractivity contribution in [1.82, 2.24) is 5.32 Å². The number of fused-ring (bicyclic) bond motifs is 3. The van der Waals surface area contributed by atoms with Crippen molar-refractivity contribution >= 4 is 10.8 Å². The van der Waals surface area contributed by atoms with Gasteiger partial charge in [-0.3, -0.25) is 0 Å². The average molecular weight is 281 g/mol. The van der Waals surface area contributed by atoms with E-state index >= 15 is 0 Å². The number of hydrogen-bond donors (Lipinski definition) is 1. The van der Waals surface area contributed by atoms with Crippen LogP contribution >= 0.6 is 0 Å². The minimum Gasteiger partial charge on any atom is -0.497 e. The highest BCUT2D eigenvalue weighted by Gasteiger charge is 2.30. The average Bonchev–Trinajstić information content (AvgIpc) is 2.85. The van der Waals surface area contributed by atoms with Crippen molar-refractivity contribution in [3.8, 4) is 11.5 Å². The third-order valence-corrected chi connectivity index (χ3v) is 4.36. The van der Waals surface area contributed by atoms with Gasteiger partial charge in [0.1, 0.15) is 17.6 Å². The molecule has 21 heavy (non-hydrogen) atoms. The van der Waals surface area contributed by atoms with E-state index in [9.17, 15) is 0 Å². The van der Waals surface area contributed by atoms with Gasteiger partial charge in [-0.05, 0) is 35.0 Å². The number of rotatable bonds is 3. The number of hydrogen-bond acceptors (Lipinski definition) is 3. The third-order valence-electron chi connectivity index (χ3n) is 4.36. The molecular formula is C18H19NO2. The summed E-state index contributed by atoms with van der Waals surface area (Å²) in [5.41, 5.74) is 0. The Kier molecular flexibility index (Phi) is 3.08. The monoisotopic (exact) mass is 281 g/mol. The normalized spacial score (nSPS) is 27.0. The van der Waals surface area contributed by atoms with E-state index in [4.69, 9.17) is 9.47 Å². The second-order valence-corrected chi connectivity index (χ2v) is 5.85. The summed E-state index contributed by atoms with van der Waals surface area (Å²) in [5, 5.41) is 5.90. The zero-order valence-electron chi connectivity index (χ0n) is 12.1. The van der Waals surface area contributed by atoms with Crippen molar-refractivity contribution in [2.45, 2.75) is 31.0 Å². The Hall–Kier alpha value is -2.00. The second-order valence-electron chi connectivity index (χ2n) is 5.85. The molecule has 0 aliphatic carbocycles. The first kappa shape index (κ1) is 12.7. The molecule has 0 aromatic heterocycles. The topological polar surface area (TPSA) is 30.5 Å². The maximum absolute atomic E-state index is 6.19. The first-order chi connectivity index (χ1) is 10.3. The molecule has 2 aliphatic heterocycles. The second kappa shape index (κ2) is 5.08. The first-order valence-electron chi connectivity index (χ1n) is 7.49. The zero-order chi connectivity index (χ0) is 14.2. The van der Waals surface area contributed by atoms with Gasteiger partial charge in [0.15, 0.2) is 0 Å². The van der Waals surface area contributed by atoms with Crippen LogP contribution in [0.5, 0.6) is 11.5 Å². The minimum atomic E-state index is 0.298. The Bertz CT molecular complexity index is 681. The standard InChI is InChI=1S/C18H19NO2/c1-20-16-6-2-13-9-17(7-3-12(13)8-16)21-18-10-14-4-5-15(11-18)19-14/h2-9,14-15,18-19H,10-11H2,1H3/t14-,15+,18?. The van der Waals surface area contributed by atoms with Crippen LogP contribution < -0.4 is 14.8 Å². The van der Waals surface area contributed by atoms with Gasteiger partial charge in [-0.2, -0.15) is 0 Å². The van der Waals surface area contributed by atoms with E-state index in [0.29, 0.717) is 18.2 Å². The molecule has 2 aromatic rings. The fourth-order valence-electron chi connectivity index (χ4n) is 3.30. The van der Waals surface area contributed by atoms with E-state index < -0.39 is 0 Å². The first-order valence-corrected chi connectivity index (χ1v) is 7.49. The van der Waals surface area contributed by atoms with Crippen LogP contribution in [0.3, 0.4) is 0 Å². The molecule has 3 nitrogen and oxygen atoms in total. The van der Waals surface area contributed by atoms with Gasteiger partial charge in [-0.1, -0.05) is 24.3 Å². The zero-order valence-corrected chi connectivity index (χ0v) is 12.1. The lowest BCUT2D eigenvalue weighted by Gasteiger charge is -2.29. The number of methoxy groups -OCH3 is 1. The van der Waals surface area contributed by atoms with Crippen LogP contribution in [0.2, 0.25) is 0 Å². The van der Waals surface area contributed by atoms with Crippen LogP contribution in [0.25, 0.3) is 10.8 Å². The van der Waals surface area contributed by atoms with Crippen LogP contribution in [-0.4, -0.2) is 25.3 Å². The van der Waals surface area contributed by atoms with Crippen LogP contribution in [-0.2, 0) is 0 Å². The van der Waals surface area contributed by atoms with Crippen LogP contribution in [0, 0.1) is 0 Å².